The highest BCUT2D eigenvalue weighted by Crippen LogP contribution is 2.25. The molecule has 1 aromatic heterocycles. The molecule has 1 fully saturated rings. The number of hydrogen-bond donors (Lipinski definition) is 2. The number of nitrogens with zero attached hydrogens (tertiary/aromatic N) is 1. The van der Waals surface area contributed by atoms with Crippen molar-refractivity contribution in [3.05, 3.63) is 70.1 Å². The van der Waals surface area contributed by atoms with E-state index in [1.165, 1.54) is 12.1 Å². The second-order valence-electron chi connectivity index (χ2n) is 8.05. The molecule has 2 amide bonds. The molecule has 1 heterocycles. The smallest absolute Gasteiger partial charge is 0.270 e. The maximum absolute atomic E-state index is 13.4. The summed E-state index contributed by atoms with van der Waals surface area (Å²) in [6, 6.07) is 12.9. The molecule has 4 rings (SSSR count). The highest BCUT2D eigenvalue weighted by molar-refractivity contribution is 6.31. The summed E-state index contributed by atoms with van der Waals surface area (Å²) >= 11 is 11.6. The van der Waals surface area contributed by atoms with Gasteiger partial charge in [-0.05, 0) is 61.6 Å². The molecule has 1 aliphatic carbocycles. The van der Waals surface area contributed by atoms with Gasteiger partial charge in [0.15, 0.2) is 6.61 Å². The molecule has 6 nitrogen and oxygen atoms in total. The number of hydrogen-bond acceptors (Lipinski definition) is 4. The van der Waals surface area contributed by atoms with Crippen LogP contribution >= 0.6 is 23.2 Å². The zero-order valence-corrected chi connectivity index (χ0v) is 19.1. The summed E-state index contributed by atoms with van der Waals surface area (Å²) in [5.74, 6) is -0.625. The number of fused-ring (bicyclic) bond motifs is 1. The zero-order valence-electron chi connectivity index (χ0n) is 17.6. The van der Waals surface area contributed by atoms with Crippen LogP contribution in [0.4, 0.5) is 4.39 Å². The molecule has 9 heteroatoms. The van der Waals surface area contributed by atoms with Crippen molar-refractivity contribution in [1.82, 2.24) is 15.6 Å². The van der Waals surface area contributed by atoms with Crippen LogP contribution in [0.25, 0.3) is 10.9 Å². The van der Waals surface area contributed by atoms with Crippen LogP contribution in [0.5, 0.6) is 5.75 Å². The van der Waals surface area contributed by atoms with Gasteiger partial charge in [-0.1, -0.05) is 29.3 Å². The molecule has 2 N–H and O–H groups in total. The number of rotatable bonds is 7. The normalized spacial score (nSPS) is 17.7. The first-order valence-corrected chi connectivity index (χ1v) is 11.3. The van der Waals surface area contributed by atoms with Gasteiger partial charge in [0.05, 0.1) is 10.5 Å². The Morgan fingerprint density at radius 2 is 1.94 bits per heavy atom. The van der Waals surface area contributed by atoms with Crippen molar-refractivity contribution in [2.45, 2.75) is 25.3 Å². The minimum absolute atomic E-state index is 0.00371. The number of halogens is 3. The van der Waals surface area contributed by atoms with Crippen molar-refractivity contribution < 1.29 is 18.7 Å². The number of carbonyl (C=O) groups excluding carboxylic acids is 2. The fourth-order valence-electron chi connectivity index (χ4n) is 3.90. The maximum Gasteiger partial charge on any atom is 0.270 e. The van der Waals surface area contributed by atoms with Gasteiger partial charge in [0.2, 0.25) is 0 Å². The van der Waals surface area contributed by atoms with Crippen LogP contribution in [0.1, 0.15) is 29.8 Å². The lowest BCUT2D eigenvalue weighted by atomic mass is 10.1. The van der Waals surface area contributed by atoms with Gasteiger partial charge in [-0.2, -0.15) is 0 Å². The van der Waals surface area contributed by atoms with Crippen LogP contribution in [0.3, 0.4) is 0 Å². The quantitative estimate of drug-likeness (QED) is 0.500. The number of carbonyl (C=O) groups is 2. The lowest BCUT2D eigenvalue weighted by Gasteiger charge is -2.14. The number of benzene rings is 2. The molecular formula is C24H22Cl2FN3O3. The Labute approximate surface area is 200 Å². The van der Waals surface area contributed by atoms with E-state index in [0.717, 1.165) is 30.7 Å². The minimum Gasteiger partial charge on any atom is -0.484 e. The molecule has 3 aromatic rings. The molecular weight excluding hydrogens is 468 g/mol. The van der Waals surface area contributed by atoms with Crippen molar-refractivity contribution in [3.8, 4) is 5.75 Å². The summed E-state index contributed by atoms with van der Waals surface area (Å²) in [6.45, 7) is 0.269. The average molecular weight is 490 g/mol. The molecule has 0 spiro atoms. The third-order valence-corrected chi connectivity index (χ3v) is 6.15. The summed E-state index contributed by atoms with van der Waals surface area (Å²) < 4.78 is 18.7. The van der Waals surface area contributed by atoms with Crippen molar-refractivity contribution >= 4 is 45.9 Å². The number of pyridine rings is 1. The van der Waals surface area contributed by atoms with Crippen LogP contribution in [0.2, 0.25) is 10.0 Å². The summed E-state index contributed by atoms with van der Waals surface area (Å²) in [5, 5.41) is 7.36. The number of amides is 2. The molecule has 0 radical (unpaired) electrons. The monoisotopic (exact) mass is 489 g/mol. The summed E-state index contributed by atoms with van der Waals surface area (Å²) in [5.41, 5.74) is 1.07. The predicted molar refractivity (Wildman–Crippen MR) is 125 cm³/mol. The van der Waals surface area contributed by atoms with Gasteiger partial charge in [0.25, 0.3) is 11.8 Å². The third kappa shape index (κ3) is 6.12. The third-order valence-electron chi connectivity index (χ3n) is 5.61. The summed E-state index contributed by atoms with van der Waals surface area (Å²) in [7, 11) is 0. The molecule has 2 atom stereocenters. The fourth-order valence-corrected chi connectivity index (χ4v) is 4.20. The molecule has 1 aliphatic rings. The van der Waals surface area contributed by atoms with E-state index in [2.05, 4.69) is 15.6 Å². The van der Waals surface area contributed by atoms with E-state index in [9.17, 15) is 14.0 Å². The first-order valence-electron chi connectivity index (χ1n) is 10.6. The topological polar surface area (TPSA) is 80.3 Å². The van der Waals surface area contributed by atoms with E-state index >= 15 is 0 Å². The van der Waals surface area contributed by atoms with Crippen LogP contribution < -0.4 is 15.4 Å². The number of ether oxygens (including phenoxy) is 1. The fraction of sp³-hybridized carbons (Fsp3) is 0.292. The Kier molecular flexibility index (Phi) is 7.30. The Bertz CT molecular complexity index is 1190. The highest BCUT2D eigenvalue weighted by atomic mass is 35.5. The molecule has 2 unspecified atom stereocenters. The average Bonchev–Trinajstić information content (AvgIpc) is 3.25. The van der Waals surface area contributed by atoms with E-state index in [1.54, 1.807) is 24.3 Å². The van der Waals surface area contributed by atoms with Crippen LogP contribution in [-0.2, 0) is 4.79 Å². The van der Waals surface area contributed by atoms with Gasteiger partial charge < -0.3 is 15.4 Å². The lowest BCUT2D eigenvalue weighted by molar-refractivity contribution is -0.123. The van der Waals surface area contributed by atoms with Crippen LogP contribution in [0.15, 0.2) is 48.5 Å². The van der Waals surface area contributed by atoms with Gasteiger partial charge in [0, 0.05) is 29.1 Å². The van der Waals surface area contributed by atoms with Gasteiger partial charge in [-0.3, -0.25) is 9.59 Å². The largest absolute Gasteiger partial charge is 0.484 e. The van der Waals surface area contributed by atoms with E-state index in [1.807, 2.05) is 6.07 Å². The zero-order chi connectivity index (χ0) is 23.4. The Hall–Kier alpha value is -2.90. The predicted octanol–water partition coefficient (Wildman–Crippen LogP) is 4.77. The molecule has 2 aromatic carbocycles. The first-order chi connectivity index (χ1) is 15.9. The lowest BCUT2D eigenvalue weighted by Crippen LogP contribution is -2.35. The molecule has 1 saturated carbocycles. The van der Waals surface area contributed by atoms with Crippen molar-refractivity contribution in [2.75, 3.05) is 13.2 Å². The Balaban J connectivity index is 1.21. The van der Waals surface area contributed by atoms with Gasteiger partial charge in [0.1, 0.15) is 17.3 Å². The summed E-state index contributed by atoms with van der Waals surface area (Å²) in [4.78, 5) is 29.1. The first kappa shape index (κ1) is 23.3. The highest BCUT2D eigenvalue weighted by Gasteiger charge is 2.27. The van der Waals surface area contributed by atoms with Gasteiger partial charge in [-0.15, -0.1) is 0 Å². The number of nitrogens with one attached hydrogen (secondary N) is 2. The molecule has 33 heavy (non-hydrogen) atoms. The summed E-state index contributed by atoms with van der Waals surface area (Å²) in [6.07, 6.45) is 2.48. The standard InChI is InChI=1S/C24H22Cl2FN3O3/c25-16-3-8-21-15(10-16)2-7-22(30-21)24(32)29-17-4-1-14(9-17)12-28-23(31)13-33-18-5-6-19(26)20(27)11-18/h2-3,5-8,10-11,14,17H,1,4,9,12-13H2,(H,28,31)(H,29,32). The minimum atomic E-state index is -0.600. The van der Waals surface area contributed by atoms with Crippen molar-refractivity contribution in [1.29, 1.82) is 0 Å². The van der Waals surface area contributed by atoms with Crippen molar-refractivity contribution in [2.24, 2.45) is 5.92 Å². The van der Waals surface area contributed by atoms with E-state index in [-0.39, 0.29) is 41.2 Å². The van der Waals surface area contributed by atoms with Gasteiger partial charge in [-0.25, -0.2) is 9.37 Å². The SMILES string of the molecule is O=C(COc1ccc(Cl)c(F)c1)NCC1CCC(NC(=O)c2ccc3cc(Cl)ccc3n2)C1. The van der Waals surface area contributed by atoms with E-state index in [4.69, 9.17) is 27.9 Å². The second kappa shape index (κ2) is 10.4. The molecule has 0 saturated heterocycles. The van der Waals surface area contributed by atoms with Crippen molar-refractivity contribution in [3.63, 3.8) is 0 Å². The maximum atomic E-state index is 13.4. The van der Waals surface area contributed by atoms with Crippen LogP contribution in [-0.4, -0.2) is 36.0 Å². The second-order valence-corrected chi connectivity index (χ2v) is 8.90. The Morgan fingerprint density at radius 1 is 1.09 bits per heavy atom. The van der Waals surface area contributed by atoms with E-state index in [0.29, 0.717) is 22.8 Å². The van der Waals surface area contributed by atoms with Crippen LogP contribution in [0, 0.1) is 11.7 Å². The molecule has 0 aliphatic heterocycles. The molecule has 0 bridgehead atoms. The molecule has 172 valence electrons. The Morgan fingerprint density at radius 3 is 2.76 bits per heavy atom. The van der Waals surface area contributed by atoms with E-state index < -0.39 is 5.82 Å². The number of aromatic nitrogens is 1. The van der Waals surface area contributed by atoms with Gasteiger partial charge >= 0.3 is 0 Å².